The molecule has 1 aliphatic carbocycles. The summed E-state index contributed by atoms with van der Waals surface area (Å²) in [4.78, 5) is 14.3. The molecule has 0 bridgehead atoms. The Balaban J connectivity index is 1.91. The highest BCUT2D eigenvalue weighted by molar-refractivity contribution is 5.81. The molecule has 4 heteroatoms. The van der Waals surface area contributed by atoms with Crippen LogP contribution >= 0.6 is 0 Å². The molecule has 2 rings (SSSR count). The van der Waals surface area contributed by atoms with Crippen molar-refractivity contribution in [3.63, 3.8) is 0 Å². The maximum atomic E-state index is 12.0. The van der Waals surface area contributed by atoms with E-state index in [0.717, 1.165) is 37.8 Å². The minimum atomic E-state index is -0.778. The first kappa shape index (κ1) is 14.8. The van der Waals surface area contributed by atoms with Crippen LogP contribution in [0.5, 0.6) is 0 Å². The van der Waals surface area contributed by atoms with E-state index in [4.69, 9.17) is 10.5 Å². The lowest BCUT2D eigenvalue weighted by Crippen LogP contribution is -2.59. The number of nitrogens with zero attached hydrogens (tertiary/aromatic N) is 1. The van der Waals surface area contributed by atoms with Crippen molar-refractivity contribution < 1.29 is 9.53 Å². The Morgan fingerprint density at radius 2 is 1.89 bits per heavy atom. The van der Waals surface area contributed by atoms with Crippen LogP contribution in [-0.4, -0.2) is 43.2 Å². The number of carbonyl (C=O) groups excluding carboxylic acids is 1. The largest absolute Gasteiger partial charge is 0.468 e. The van der Waals surface area contributed by atoms with Crippen molar-refractivity contribution in [2.24, 2.45) is 23.5 Å². The number of piperidine rings is 1. The van der Waals surface area contributed by atoms with Gasteiger partial charge in [-0.25, -0.2) is 0 Å². The van der Waals surface area contributed by atoms with E-state index < -0.39 is 5.54 Å². The second-order valence-electron chi connectivity index (χ2n) is 6.66. The molecule has 0 spiro atoms. The first-order valence-corrected chi connectivity index (χ1v) is 7.57. The molecule has 0 aromatic rings. The van der Waals surface area contributed by atoms with Gasteiger partial charge in [0.2, 0.25) is 0 Å². The van der Waals surface area contributed by atoms with Crippen LogP contribution in [0.2, 0.25) is 0 Å². The van der Waals surface area contributed by atoms with Crippen molar-refractivity contribution in [1.82, 2.24) is 4.90 Å². The van der Waals surface area contributed by atoms with Crippen LogP contribution in [0.1, 0.15) is 39.5 Å². The van der Waals surface area contributed by atoms with Crippen molar-refractivity contribution in [1.29, 1.82) is 0 Å². The van der Waals surface area contributed by atoms with Gasteiger partial charge in [0.25, 0.3) is 0 Å². The molecule has 0 aromatic carbocycles. The summed E-state index contributed by atoms with van der Waals surface area (Å²) < 4.78 is 4.93. The number of hydrogen-bond acceptors (Lipinski definition) is 4. The summed E-state index contributed by atoms with van der Waals surface area (Å²) in [5.41, 5.74) is 5.59. The van der Waals surface area contributed by atoms with Gasteiger partial charge in [0.05, 0.1) is 7.11 Å². The second kappa shape index (κ2) is 5.80. The van der Waals surface area contributed by atoms with Crippen LogP contribution < -0.4 is 5.73 Å². The second-order valence-corrected chi connectivity index (χ2v) is 6.66. The molecular weight excluding hydrogens is 240 g/mol. The predicted octanol–water partition coefficient (Wildman–Crippen LogP) is 1.63. The third-order valence-corrected chi connectivity index (χ3v) is 4.93. The zero-order chi connectivity index (χ0) is 14.0. The maximum absolute atomic E-state index is 12.0. The number of rotatable bonds is 5. The number of carbonyl (C=O) groups is 1. The van der Waals surface area contributed by atoms with Crippen LogP contribution in [0, 0.1) is 17.8 Å². The van der Waals surface area contributed by atoms with Crippen LogP contribution in [0.25, 0.3) is 0 Å². The third kappa shape index (κ3) is 3.29. The van der Waals surface area contributed by atoms with Gasteiger partial charge in [0, 0.05) is 6.54 Å². The SMILES string of the molecule is COC(=O)C(N)(CN1CCC(C(C)C)CC1)C1CC1. The van der Waals surface area contributed by atoms with Crippen molar-refractivity contribution in [3.8, 4) is 0 Å². The Bertz CT molecular complexity index is 320. The predicted molar refractivity (Wildman–Crippen MR) is 75.7 cm³/mol. The Morgan fingerprint density at radius 3 is 2.32 bits per heavy atom. The van der Waals surface area contributed by atoms with Crippen LogP contribution in [0.3, 0.4) is 0 Å². The van der Waals surface area contributed by atoms with Crippen molar-refractivity contribution in [2.45, 2.75) is 45.1 Å². The van der Waals surface area contributed by atoms with Gasteiger partial charge in [-0.15, -0.1) is 0 Å². The Labute approximate surface area is 116 Å². The molecule has 110 valence electrons. The van der Waals surface area contributed by atoms with E-state index in [-0.39, 0.29) is 5.97 Å². The first-order chi connectivity index (χ1) is 8.97. The van der Waals surface area contributed by atoms with E-state index in [1.165, 1.54) is 20.0 Å². The van der Waals surface area contributed by atoms with E-state index >= 15 is 0 Å². The molecular formula is C15H28N2O2. The topological polar surface area (TPSA) is 55.6 Å². The van der Waals surface area contributed by atoms with Gasteiger partial charge >= 0.3 is 5.97 Å². The first-order valence-electron chi connectivity index (χ1n) is 7.57. The van der Waals surface area contributed by atoms with Gasteiger partial charge in [0.1, 0.15) is 5.54 Å². The average Bonchev–Trinajstić information content (AvgIpc) is 3.22. The lowest BCUT2D eigenvalue weighted by atomic mass is 9.85. The molecule has 19 heavy (non-hydrogen) atoms. The molecule has 1 saturated heterocycles. The zero-order valence-corrected chi connectivity index (χ0v) is 12.5. The molecule has 0 amide bonds. The molecule has 1 unspecified atom stereocenters. The molecule has 0 radical (unpaired) electrons. The Kier molecular flexibility index (Phi) is 4.51. The Hall–Kier alpha value is -0.610. The van der Waals surface area contributed by atoms with Gasteiger partial charge in [-0.3, -0.25) is 4.79 Å². The fourth-order valence-corrected chi connectivity index (χ4v) is 3.30. The molecule has 0 aromatic heterocycles. The van der Waals surface area contributed by atoms with Crippen molar-refractivity contribution in [2.75, 3.05) is 26.7 Å². The van der Waals surface area contributed by atoms with Crippen molar-refractivity contribution in [3.05, 3.63) is 0 Å². The standard InChI is InChI=1S/C15H28N2O2/c1-11(2)12-6-8-17(9-7-12)10-15(16,13-4-5-13)14(18)19-3/h11-13H,4-10,16H2,1-3H3. The molecule has 1 saturated carbocycles. The number of hydrogen-bond donors (Lipinski definition) is 1. The van der Waals surface area contributed by atoms with E-state index in [2.05, 4.69) is 18.7 Å². The maximum Gasteiger partial charge on any atom is 0.327 e. The van der Waals surface area contributed by atoms with E-state index in [1.54, 1.807) is 0 Å². The highest BCUT2D eigenvalue weighted by Crippen LogP contribution is 2.40. The number of methoxy groups -OCH3 is 1. The van der Waals surface area contributed by atoms with Crippen LogP contribution in [-0.2, 0) is 9.53 Å². The molecule has 2 N–H and O–H groups in total. The summed E-state index contributed by atoms with van der Waals surface area (Å²) in [6.45, 7) is 7.38. The minimum absolute atomic E-state index is 0.235. The summed E-state index contributed by atoms with van der Waals surface area (Å²) in [7, 11) is 1.44. The zero-order valence-electron chi connectivity index (χ0n) is 12.5. The summed E-state index contributed by atoms with van der Waals surface area (Å²) in [5, 5.41) is 0. The van der Waals surface area contributed by atoms with Crippen LogP contribution in [0.4, 0.5) is 0 Å². The summed E-state index contributed by atoms with van der Waals surface area (Å²) in [5.74, 6) is 1.67. The smallest absolute Gasteiger partial charge is 0.327 e. The third-order valence-electron chi connectivity index (χ3n) is 4.93. The molecule has 2 fully saturated rings. The van der Waals surface area contributed by atoms with E-state index in [0.29, 0.717) is 12.5 Å². The van der Waals surface area contributed by atoms with E-state index in [9.17, 15) is 4.79 Å². The highest BCUT2D eigenvalue weighted by Gasteiger charge is 2.50. The number of nitrogens with two attached hydrogens (primary N) is 1. The average molecular weight is 268 g/mol. The molecule has 2 aliphatic rings. The van der Waals surface area contributed by atoms with Gasteiger partial charge < -0.3 is 15.4 Å². The number of likely N-dealkylation sites (tertiary alicyclic amines) is 1. The van der Waals surface area contributed by atoms with Crippen molar-refractivity contribution >= 4 is 5.97 Å². The number of ether oxygens (including phenoxy) is 1. The lowest BCUT2D eigenvalue weighted by molar-refractivity contribution is -0.149. The summed E-state index contributed by atoms with van der Waals surface area (Å²) >= 11 is 0. The minimum Gasteiger partial charge on any atom is -0.468 e. The van der Waals surface area contributed by atoms with E-state index in [1.807, 2.05) is 0 Å². The quantitative estimate of drug-likeness (QED) is 0.770. The van der Waals surface area contributed by atoms with Gasteiger partial charge in [0.15, 0.2) is 0 Å². The van der Waals surface area contributed by atoms with Crippen LogP contribution in [0.15, 0.2) is 0 Å². The monoisotopic (exact) mass is 268 g/mol. The van der Waals surface area contributed by atoms with Gasteiger partial charge in [-0.1, -0.05) is 13.8 Å². The van der Waals surface area contributed by atoms with Gasteiger partial charge in [-0.2, -0.15) is 0 Å². The summed E-state index contributed by atoms with van der Waals surface area (Å²) in [6.07, 6.45) is 4.57. The Morgan fingerprint density at radius 1 is 1.32 bits per heavy atom. The highest BCUT2D eigenvalue weighted by atomic mass is 16.5. The number of esters is 1. The van der Waals surface area contributed by atoms with Gasteiger partial charge in [-0.05, 0) is 56.5 Å². The summed E-state index contributed by atoms with van der Waals surface area (Å²) in [6, 6.07) is 0. The molecule has 1 atom stereocenters. The molecule has 1 aliphatic heterocycles. The molecule has 1 heterocycles. The molecule has 4 nitrogen and oxygen atoms in total. The normalized spacial score (nSPS) is 25.3. The fourth-order valence-electron chi connectivity index (χ4n) is 3.30. The lowest BCUT2D eigenvalue weighted by Gasteiger charge is -2.38. The fraction of sp³-hybridized carbons (Fsp3) is 0.933.